The van der Waals surface area contributed by atoms with Crippen molar-refractivity contribution < 1.29 is 14.3 Å². The van der Waals surface area contributed by atoms with Gasteiger partial charge >= 0.3 is 6.03 Å². The van der Waals surface area contributed by atoms with Gasteiger partial charge in [-0.2, -0.15) is 0 Å². The summed E-state index contributed by atoms with van der Waals surface area (Å²) in [7, 11) is 0. The maximum Gasteiger partial charge on any atom is 0.315 e. The Balaban J connectivity index is 1.82. The molecule has 1 aromatic heterocycles. The highest BCUT2D eigenvalue weighted by Crippen LogP contribution is 2.18. The number of urea groups is 1. The Morgan fingerprint density at radius 1 is 1.27 bits per heavy atom. The standard InChI is InChI=1S/C16H21N3O3/c1-11-12(2)22-14(19-11)9-17-15(20)18-10-16(3,21)13-7-5-4-6-8-13/h4-8,21H,9-10H2,1-3H3,(H2,17,18,20). The van der Waals surface area contributed by atoms with E-state index in [4.69, 9.17) is 4.42 Å². The van der Waals surface area contributed by atoms with Gasteiger partial charge in [-0.3, -0.25) is 0 Å². The van der Waals surface area contributed by atoms with Gasteiger partial charge in [0.2, 0.25) is 5.89 Å². The number of aromatic nitrogens is 1. The molecule has 0 radical (unpaired) electrons. The third kappa shape index (κ3) is 4.08. The number of nitrogens with zero attached hydrogens (tertiary/aromatic N) is 1. The fourth-order valence-corrected chi connectivity index (χ4v) is 1.98. The summed E-state index contributed by atoms with van der Waals surface area (Å²) in [6.07, 6.45) is 0. The van der Waals surface area contributed by atoms with Crippen molar-refractivity contribution in [2.24, 2.45) is 0 Å². The van der Waals surface area contributed by atoms with E-state index < -0.39 is 5.60 Å². The molecule has 2 rings (SSSR count). The quantitative estimate of drug-likeness (QED) is 0.788. The molecule has 0 spiro atoms. The molecule has 6 nitrogen and oxygen atoms in total. The highest BCUT2D eigenvalue weighted by molar-refractivity contribution is 5.73. The Labute approximate surface area is 129 Å². The lowest BCUT2D eigenvalue weighted by atomic mass is 9.96. The Morgan fingerprint density at radius 2 is 1.95 bits per heavy atom. The molecule has 1 aromatic carbocycles. The molecule has 0 aliphatic heterocycles. The predicted molar refractivity (Wildman–Crippen MR) is 82.2 cm³/mol. The molecule has 0 aliphatic rings. The van der Waals surface area contributed by atoms with E-state index in [0.29, 0.717) is 5.89 Å². The number of oxazole rings is 1. The van der Waals surface area contributed by atoms with E-state index in [-0.39, 0.29) is 19.1 Å². The van der Waals surface area contributed by atoms with E-state index in [1.807, 2.05) is 44.2 Å². The first-order valence-corrected chi connectivity index (χ1v) is 7.11. The van der Waals surface area contributed by atoms with Gasteiger partial charge in [0.1, 0.15) is 11.4 Å². The number of hydrogen-bond donors (Lipinski definition) is 3. The van der Waals surface area contributed by atoms with E-state index in [9.17, 15) is 9.90 Å². The monoisotopic (exact) mass is 303 g/mol. The van der Waals surface area contributed by atoms with Crippen LogP contribution in [0.5, 0.6) is 0 Å². The number of carbonyl (C=O) groups excluding carboxylic acids is 1. The summed E-state index contributed by atoms with van der Waals surface area (Å²) >= 11 is 0. The van der Waals surface area contributed by atoms with E-state index in [1.165, 1.54) is 0 Å². The highest BCUT2D eigenvalue weighted by Gasteiger charge is 2.23. The van der Waals surface area contributed by atoms with Crippen LogP contribution >= 0.6 is 0 Å². The fourth-order valence-electron chi connectivity index (χ4n) is 1.98. The second-order valence-corrected chi connectivity index (χ2v) is 5.43. The molecule has 2 amide bonds. The number of rotatable bonds is 5. The molecule has 0 saturated carbocycles. The zero-order chi connectivity index (χ0) is 16.2. The summed E-state index contributed by atoms with van der Waals surface area (Å²) in [5.74, 6) is 1.20. The van der Waals surface area contributed by atoms with Gasteiger partial charge in [-0.15, -0.1) is 0 Å². The second kappa shape index (κ2) is 6.62. The van der Waals surface area contributed by atoms with Crippen molar-refractivity contribution in [2.75, 3.05) is 6.54 Å². The molecular formula is C16H21N3O3. The molecule has 0 bridgehead atoms. The number of aliphatic hydroxyl groups is 1. The van der Waals surface area contributed by atoms with Crippen LogP contribution in [0.4, 0.5) is 4.79 Å². The summed E-state index contributed by atoms with van der Waals surface area (Å²) in [6, 6.07) is 8.81. The van der Waals surface area contributed by atoms with Gasteiger partial charge < -0.3 is 20.2 Å². The summed E-state index contributed by atoms with van der Waals surface area (Å²) in [6.45, 7) is 5.63. The fraction of sp³-hybridized carbons (Fsp3) is 0.375. The van der Waals surface area contributed by atoms with Crippen molar-refractivity contribution in [3.8, 4) is 0 Å². The van der Waals surface area contributed by atoms with Crippen molar-refractivity contribution in [1.82, 2.24) is 15.6 Å². The average Bonchev–Trinajstić information content (AvgIpc) is 2.83. The molecule has 0 fully saturated rings. The van der Waals surface area contributed by atoms with Crippen LogP contribution in [0.2, 0.25) is 0 Å². The topological polar surface area (TPSA) is 87.4 Å². The lowest BCUT2D eigenvalue weighted by Crippen LogP contribution is -2.43. The first-order valence-electron chi connectivity index (χ1n) is 7.11. The van der Waals surface area contributed by atoms with Crippen molar-refractivity contribution in [3.05, 3.63) is 53.2 Å². The molecule has 6 heteroatoms. The van der Waals surface area contributed by atoms with Crippen LogP contribution in [-0.4, -0.2) is 22.7 Å². The normalized spacial score (nSPS) is 13.5. The second-order valence-electron chi connectivity index (χ2n) is 5.43. The molecule has 1 unspecified atom stereocenters. The van der Waals surface area contributed by atoms with Crippen molar-refractivity contribution in [3.63, 3.8) is 0 Å². The summed E-state index contributed by atoms with van der Waals surface area (Å²) < 4.78 is 5.38. The largest absolute Gasteiger partial charge is 0.444 e. The van der Waals surface area contributed by atoms with Gasteiger partial charge in [0, 0.05) is 0 Å². The number of carbonyl (C=O) groups is 1. The molecule has 22 heavy (non-hydrogen) atoms. The van der Waals surface area contributed by atoms with Crippen LogP contribution in [0, 0.1) is 13.8 Å². The van der Waals surface area contributed by atoms with Crippen LogP contribution in [-0.2, 0) is 12.1 Å². The Kier molecular flexibility index (Phi) is 4.82. The van der Waals surface area contributed by atoms with Crippen LogP contribution in [0.25, 0.3) is 0 Å². The summed E-state index contributed by atoms with van der Waals surface area (Å²) in [5, 5.41) is 15.7. The maximum atomic E-state index is 11.8. The van der Waals surface area contributed by atoms with Crippen LogP contribution < -0.4 is 10.6 Å². The maximum absolute atomic E-state index is 11.8. The zero-order valence-electron chi connectivity index (χ0n) is 13.0. The molecule has 3 N–H and O–H groups in total. The molecule has 2 aromatic rings. The van der Waals surface area contributed by atoms with E-state index in [0.717, 1.165) is 17.0 Å². The highest BCUT2D eigenvalue weighted by atomic mass is 16.4. The molecule has 1 heterocycles. The third-order valence-corrected chi connectivity index (χ3v) is 3.46. The van der Waals surface area contributed by atoms with Gasteiger partial charge in [0.25, 0.3) is 0 Å². The van der Waals surface area contributed by atoms with Gasteiger partial charge in [0.05, 0.1) is 18.8 Å². The van der Waals surface area contributed by atoms with Gasteiger partial charge in [-0.05, 0) is 26.3 Å². The van der Waals surface area contributed by atoms with E-state index in [1.54, 1.807) is 6.92 Å². The number of aryl methyl sites for hydroxylation is 2. The minimum absolute atomic E-state index is 0.104. The summed E-state index contributed by atoms with van der Waals surface area (Å²) in [5.41, 5.74) is 0.424. The van der Waals surface area contributed by atoms with Crippen LogP contribution in [0.15, 0.2) is 34.7 Å². The Hall–Kier alpha value is -2.34. The Bertz CT molecular complexity index is 616. The predicted octanol–water partition coefficient (Wildman–Crippen LogP) is 2.00. The van der Waals surface area contributed by atoms with Gasteiger partial charge in [-0.25, -0.2) is 9.78 Å². The Morgan fingerprint density at radius 3 is 2.55 bits per heavy atom. The summed E-state index contributed by atoms with van der Waals surface area (Å²) in [4.78, 5) is 16.0. The lowest BCUT2D eigenvalue weighted by molar-refractivity contribution is 0.0593. The van der Waals surface area contributed by atoms with Gasteiger partial charge in [-0.1, -0.05) is 30.3 Å². The number of benzene rings is 1. The van der Waals surface area contributed by atoms with Crippen LogP contribution in [0.1, 0.15) is 29.8 Å². The smallest absolute Gasteiger partial charge is 0.315 e. The molecule has 118 valence electrons. The molecule has 0 saturated heterocycles. The zero-order valence-corrected chi connectivity index (χ0v) is 13.0. The first-order chi connectivity index (χ1) is 10.4. The van der Waals surface area contributed by atoms with E-state index >= 15 is 0 Å². The molecule has 1 atom stereocenters. The lowest BCUT2D eigenvalue weighted by Gasteiger charge is -2.24. The van der Waals surface area contributed by atoms with Crippen molar-refractivity contribution in [2.45, 2.75) is 32.9 Å². The van der Waals surface area contributed by atoms with Crippen molar-refractivity contribution in [1.29, 1.82) is 0 Å². The molecular weight excluding hydrogens is 282 g/mol. The van der Waals surface area contributed by atoms with Gasteiger partial charge in [0.15, 0.2) is 0 Å². The minimum Gasteiger partial charge on any atom is -0.444 e. The number of amides is 2. The number of hydrogen-bond acceptors (Lipinski definition) is 4. The first kappa shape index (κ1) is 16.0. The third-order valence-electron chi connectivity index (χ3n) is 3.46. The SMILES string of the molecule is Cc1nc(CNC(=O)NCC(C)(O)c2ccccc2)oc1C. The number of nitrogens with one attached hydrogen (secondary N) is 2. The average molecular weight is 303 g/mol. The molecule has 0 aliphatic carbocycles. The van der Waals surface area contributed by atoms with E-state index in [2.05, 4.69) is 15.6 Å². The van der Waals surface area contributed by atoms with Crippen molar-refractivity contribution >= 4 is 6.03 Å². The van der Waals surface area contributed by atoms with Crippen LogP contribution in [0.3, 0.4) is 0 Å². The minimum atomic E-state index is -1.13.